The summed E-state index contributed by atoms with van der Waals surface area (Å²) < 4.78 is 19.6. The molecule has 2 N–H and O–H groups in total. The Morgan fingerprint density at radius 3 is 2.81 bits per heavy atom. The summed E-state index contributed by atoms with van der Waals surface area (Å²) in [5, 5.41) is 11.8. The van der Waals surface area contributed by atoms with E-state index in [4.69, 9.17) is 10.3 Å². The number of nitrogens with zero attached hydrogens (tertiary/aromatic N) is 5. The van der Waals surface area contributed by atoms with Gasteiger partial charge in [-0.3, -0.25) is 0 Å². The third kappa shape index (κ3) is 3.11. The summed E-state index contributed by atoms with van der Waals surface area (Å²) in [5.41, 5.74) is 6.94. The van der Waals surface area contributed by atoms with E-state index in [0.717, 1.165) is 5.69 Å². The molecule has 0 unspecified atom stereocenters. The predicted octanol–water partition coefficient (Wildman–Crippen LogP) is 1.02. The molecule has 0 atom stereocenters. The van der Waals surface area contributed by atoms with Crippen molar-refractivity contribution in [3.8, 4) is 11.5 Å². The van der Waals surface area contributed by atoms with Crippen molar-refractivity contribution in [3.05, 3.63) is 47.8 Å². The molecule has 8 heteroatoms. The molecule has 0 aliphatic carbocycles. The molecule has 0 fully saturated rings. The third-order valence-electron chi connectivity index (χ3n) is 2.85. The Hall–Kier alpha value is -2.61. The first-order valence-electron chi connectivity index (χ1n) is 6.42. The Morgan fingerprint density at radius 2 is 2.05 bits per heavy atom. The van der Waals surface area contributed by atoms with Crippen LogP contribution in [0.15, 0.2) is 35.0 Å². The Kier molecular flexibility index (Phi) is 3.69. The van der Waals surface area contributed by atoms with Gasteiger partial charge < -0.3 is 10.3 Å². The van der Waals surface area contributed by atoms with Crippen LogP contribution in [0.2, 0.25) is 0 Å². The van der Waals surface area contributed by atoms with Crippen LogP contribution < -0.4 is 5.73 Å². The molecule has 0 spiro atoms. The SMILES string of the molecule is NCCc1cn(Cc2noc(-c3ccc(F)cc3)n2)nn1. The largest absolute Gasteiger partial charge is 0.334 e. The first kappa shape index (κ1) is 13.4. The van der Waals surface area contributed by atoms with E-state index in [0.29, 0.717) is 36.8 Å². The predicted molar refractivity (Wildman–Crippen MR) is 71.6 cm³/mol. The van der Waals surface area contributed by atoms with Gasteiger partial charge in [-0.2, -0.15) is 4.98 Å². The van der Waals surface area contributed by atoms with E-state index in [-0.39, 0.29) is 5.82 Å². The normalized spacial score (nSPS) is 11.0. The minimum absolute atomic E-state index is 0.312. The maximum Gasteiger partial charge on any atom is 0.257 e. The van der Waals surface area contributed by atoms with E-state index in [2.05, 4.69) is 20.5 Å². The lowest BCUT2D eigenvalue weighted by Crippen LogP contribution is -2.03. The molecule has 0 aliphatic rings. The van der Waals surface area contributed by atoms with E-state index in [1.165, 1.54) is 12.1 Å². The zero-order chi connectivity index (χ0) is 14.7. The van der Waals surface area contributed by atoms with Gasteiger partial charge in [-0.15, -0.1) is 5.10 Å². The van der Waals surface area contributed by atoms with Gasteiger partial charge in [-0.05, 0) is 30.8 Å². The molecule has 2 heterocycles. The number of hydrogen-bond acceptors (Lipinski definition) is 6. The first-order chi connectivity index (χ1) is 10.2. The number of rotatable bonds is 5. The molecule has 1 aromatic carbocycles. The fourth-order valence-corrected chi connectivity index (χ4v) is 1.85. The average Bonchev–Trinajstić information content (AvgIpc) is 3.11. The zero-order valence-electron chi connectivity index (χ0n) is 11.1. The molecule has 0 saturated heterocycles. The van der Waals surface area contributed by atoms with Crippen molar-refractivity contribution >= 4 is 0 Å². The van der Waals surface area contributed by atoms with Gasteiger partial charge in [-0.1, -0.05) is 10.4 Å². The van der Waals surface area contributed by atoms with E-state index in [1.807, 2.05) is 0 Å². The summed E-state index contributed by atoms with van der Waals surface area (Å²) >= 11 is 0. The first-order valence-corrected chi connectivity index (χ1v) is 6.42. The van der Waals surface area contributed by atoms with Crippen molar-refractivity contribution in [3.63, 3.8) is 0 Å². The summed E-state index contributed by atoms with van der Waals surface area (Å²) in [7, 11) is 0. The minimum Gasteiger partial charge on any atom is -0.334 e. The van der Waals surface area contributed by atoms with Gasteiger partial charge in [-0.25, -0.2) is 9.07 Å². The fourth-order valence-electron chi connectivity index (χ4n) is 1.85. The van der Waals surface area contributed by atoms with Crippen LogP contribution in [0, 0.1) is 5.82 Å². The van der Waals surface area contributed by atoms with Crippen LogP contribution in [0.5, 0.6) is 0 Å². The molecule has 21 heavy (non-hydrogen) atoms. The van der Waals surface area contributed by atoms with Crippen molar-refractivity contribution in [1.29, 1.82) is 0 Å². The van der Waals surface area contributed by atoms with Gasteiger partial charge in [0.15, 0.2) is 5.82 Å². The second-order valence-electron chi connectivity index (χ2n) is 4.47. The van der Waals surface area contributed by atoms with E-state index < -0.39 is 0 Å². The Labute approximate surface area is 119 Å². The quantitative estimate of drug-likeness (QED) is 0.753. The fraction of sp³-hybridized carbons (Fsp3) is 0.231. The standard InChI is InChI=1S/C13H13FN6O/c14-10-3-1-9(2-4-10)13-16-12(18-21-13)8-20-7-11(5-6-15)17-19-20/h1-4,7H,5-6,8,15H2. The molecule has 0 aliphatic heterocycles. The van der Waals surface area contributed by atoms with Crippen molar-refractivity contribution in [2.45, 2.75) is 13.0 Å². The van der Waals surface area contributed by atoms with Crippen molar-refractivity contribution in [1.82, 2.24) is 25.1 Å². The second-order valence-corrected chi connectivity index (χ2v) is 4.47. The third-order valence-corrected chi connectivity index (χ3v) is 2.85. The van der Waals surface area contributed by atoms with Gasteiger partial charge in [0.1, 0.15) is 12.4 Å². The Balaban J connectivity index is 1.73. The van der Waals surface area contributed by atoms with E-state index in [1.54, 1.807) is 23.0 Å². The lowest BCUT2D eigenvalue weighted by atomic mass is 10.2. The highest BCUT2D eigenvalue weighted by atomic mass is 19.1. The number of aromatic nitrogens is 5. The highest BCUT2D eigenvalue weighted by Crippen LogP contribution is 2.17. The van der Waals surface area contributed by atoms with Crippen LogP contribution in [0.4, 0.5) is 4.39 Å². The van der Waals surface area contributed by atoms with Crippen molar-refractivity contribution < 1.29 is 8.91 Å². The van der Waals surface area contributed by atoms with Crippen molar-refractivity contribution in [2.75, 3.05) is 6.54 Å². The molecule has 7 nitrogen and oxygen atoms in total. The summed E-state index contributed by atoms with van der Waals surface area (Å²) in [5.74, 6) is 0.499. The van der Waals surface area contributed by atoms with Gasteiger partial charge in [0.25, 0.3) is 5.89 Å². The average molecular weight is 288 g/mol. The Bertz CT molecular complexity index is 720. The number of nitrogens with two attached hydrogens (primary N) is 1. The number of benzene rings is 1. The molecular weight excluding hydrogens is 275 g/mol. The summed E-state index contributed by atoms with van der Waals surface area (Å²) in [6.07, 6.45) is 2.47. The van der Waals surface area contributed by atoms with Crippen molar-refractivity contribution in [2.24, 2.45) is 5.73 Å². The van der Waals surface area contributed by atoms with Gasteiger partial charge >= 0.3 is 0 Å². The van der Waals surface area contributed by atoms with Crippen LogP contribution >= 0.6 is 0 Å². The van der Waals surface area contributed by atoms with Crippen LogP contribution in [0.25, 0.3) is 11.5 Å². The lowest BCUT2D eigenvalue weighted by molar-refractivity contribution is 0.418. The molecule has 0 saturated carbocycles. The van der Waals surface area contributed by atoms with Crippen LogP contribution in [0.3, 0.4) is 0 Å². The zero-order valence-corrected chi connectivity index (χ0v) is 11.1. The van der Waals surface area contributed by atoms with E-state index >= 15 is 0 Å². The molecule has 0 bridgehead atoms. The molecule has 2 aromatic heterocycles. The van der Waals surface area contributed by atoms with Crippen LogP contribution in [0.1, 0.15) is 11.5 Å². The molecule has 3 rings (SSSR count). The number of halogens is 1. The highest BCUT2D eigenvalue weighted by Gasteiger charge is 2.10. The number of hydrogen-bond donors (Lipinski definition) is 1. The van der Waals surface area contributed by atoms with E-state index in [9.17, 15) is 4.39 Å². The maximum atomic E-state index is 12.9. The summed E-state index contributed by atoms with van der Waals surface area (Å²) in [4.78, 5) is 4.25. The molecule has 0 radical (unpaired) electrons. The summed E-state index contributed by atoms with van der Waals surface area (Å²) in [6.45, 7) is 0.873. The summed E-state index contributed by atoms with van der Waals surface area (Å²) in [6, 6.07) is 5.86. The molecule has 0 amide bonds. The minimum atomic E-state index is -0.312. The van der Waals surface area contributed by atoms with Gasteiger partial charge in [0.2, 0.25) is 0 Å². The molecular formula is C13H13FN6O. The molecule has 108 valence electrons. The van der Waals surface area contributed by atoms with Crippen LogP contribution in [-0.2, 0) is 13.0 Å². The topological polar surface area (TPSA) is 95.7 Å². The van der Waals surface area contributed by atoms with Crippen LogP contribution in [-0.4, -0.2) is 31.7 Å². The lowest BCUT2D eigenvalue weighted by Gasteiger charge is -1.93. The van der Waals surface area contributed by atoms with Gasteiger partial charge in [0.05, 0.1) is 5.69 Å². The second kappa shape index (κ2) is 5.80. The monoisotopic (exact) mass is 288 g/mol. The smallest absolute Gasteiger partial charge is 0.257 e. The molecule has 3 aromatic rings. The highest BCUT2D eigenvalue weighted by molar-refractivity contribution is 5.52. The Morgan fingerprint density at radius 1 is 1.24 bits per heavy atom. The maximum absolute atomic E-state index is 12.9. The van der Waals surface area contributed by atoms with Gasteiger partial charge in [0, 0.05) is 18.2 Å².